The number of amides is 1. The van der Waals surface area contributed by atoms with Crippen LogP contribution < -0.4 is 20.3 Å². The van der Waals surface area contributed by atoms with Gasteiger partial charge in [-0.2, -0.15) is 0 Å². The van der Waals surface area contributed by atoms with E-state index in [4.69, 9.17) is 30.9 Å². The van der Waals surface area contributed by atoms with Crippen LogP contribution in [0.15, 0.2) is 42.5 Å². The zero-order valence-corrected chi connectivity index (χ0v) is 31.2. The number of hydroxylamine groups is 1. The molecule has 3 aliphatic rings. The zero-order chi connectivity index (χ0) is 36.8. The monoisotopic (exact) mass is 729 g/mol. The summed E-state index contributed by atoms with van der Waals surface area (Å²) in [6.07, 6.45) is 3.48. The summed E-state index contributed by atoms with van der Waals surface area (Å²) in [5.41, 5.74) is 10.7. The molecule has 4 aromatic rings. The van der Waals surface area contributed by atoms with Gasteiger partial charge in [-0.25, -0.2) is 9.37 Å². The van der Waals surface area contributed by atoms with Gasteiger partial charge in [0.2, 0.25) is 0 Å². The van der Waals surface area contributed by atoms with Crippen molar-refractivity contribution in [2.24, 2.45) is 13.0 Å². The van der Waals surface area contributed by atoms with Gasteiger partial charge in [-0.15, -0.1) is 5.48 Å². The zero-order valence-electron chi connectivity index (χ0n) is 30.4. The normalized spacial score (nSPS) is 17.4. The lowest BCUT2D eigenvalue weighted by atomic mass is 9.93. The van der Waals surface area contributed by atoms with E-state index < -0.39 is 11.9 Å². The second-order valence-corrected chi connectivity index (χ2v) is 14.7. The summed E-state index contributed by atoms with van der Waals surface area (Å²) in [6, 6.07) is 13.3. The van der Waals surface area contributed by atoms with Crippen LogP contribution in [0.2, 0.25) is 5.02 Å². The van der Waals surface area contributed by atoms with Crippen LogP contribution in [-0.2, 0) is 36.1 Å². The third-order valence-electron chi connectivity index (χ3n) is 10.6. The molecule has 2 heterocycles. The number of nitrogens with one attached hydrogen (secondary N) is 2. The average Bonchev–Trinajstić information content (AvgIpc) is 3.83. The second-order valence-electron chi connectivity index (χ2n) is 14.3. The van der Waals surface area contributed by atoms with Crippen molar-refractivity contribution in [2.45, 2.75) is 84.5 Å². The molecule has 52 heavy (non-hydrogen) atoms. The first-order valence-electron chi connectivity index (χ1n) is 18.0. The van der Waals surface area contributed by atoms with E-state index in [1.807, 2.05) is 42.8 Å². The lowest BCUT2D eigenvalue weighted by Gasteiger charge is -2.29. The van der Waals surface area contributed by atoms with Gasteiger partial charge in [-0.1, -0.05) is 41.9 Å². The summed E-state index contributed by atoms with van der Waals surface area (Å²) >= 11 is 6.58. The molecule has 2 unspecified atom stereocenters. The van der Waals surface area contributed by atoms with E-state index >= 15 is 4.39 Å². The maximum atomic E-state index is 15.8. The summed E-state index contributed by atoms with van der Waals surface area (Å²) in [5.74, 6) is -0.609. The number of halogens is 2. The molecule has 7 rings (SSSR count). The number of hydrogen-bond acceptors (Lipinski definition) is 8. The maximum absolute atomic E-state index is 15.8. The van der Waals surface area contributed by atoms with E-state index in [-0.39, 0.29) is 46.0 Å². The highest BCUT2D eigenvalue weighted by Crippen LogP contribution is 2.45. The molecule has 1 aliphatic heterocycles. The van der Waals surface area contributed by atoms with Crippen molar-refractivity contribution in [3.63, 3.8) is 0 Å². The van der Waals surface area contributed by atoms with Crippen molar-refractivity contribution >= 4 is 29.2 Å². The van der Waals surface area contributed by atoms with Crippen LogP contribution in [0.4, 0.5) is 10.1 Å². The van der Waals surface area contributed by atoms with Crippen molar-refractivity contribution in [3.8, 4) is 22.6 Å². The minimum atomic E-state index is -0.715. The number of anilines is 1. The van der Waals surface area contributed by atoms with E-state index in [1.165, 1.54) is 7.11 Å². The number of benzene rings is 3. The van der Waals surface area contributed by atoms with Crippen molar-refractivity contribution in [3.05, 3.63) is 92.8 Å². The van der Waals surface area contributed by atoms with Gasteiger partial charge in [0, 0.05) is 50.0 Å². The fourth-order valence-electron chi connectivity index (χ4n) is 7.44. The van der Waals surface area contributed by atoms with E-state index in [1.54, 1.807) is 13.0 Å². The van der Waals surface area contributed by atoms with Gasteiger partial charge in [0.15, 0.2) is 11.6 Å². The van der Waals surface area contributed by atoms with Crippen molar-refractivity contribution < 1.29 is 28.3 Å². The predicted molar refractivity (Wildman–Crippen MR) is 197 cm³/mol. The van der Waals surface area contributed by atoms with E-state index in [0.717, 1.165) is 83.7 Å². The number of rotatable bonds is 11. The number of methoxy groups -OCH3 is 1. The molecular weight excluding hydrogens is 685 g/mol. The molecule has 3 aromatic carbocycles. The van der Waals surface area contributed by atoms with Crippen LogP contribution in [0.3, 0.4) is 0 Å². The van der Waals surface area contributed by atoms with Crippen LogP contribution in [-0.4, -0.2) is 46.0 Å². The Hall–Kier alpha value is -4.45. The molecule has 274 valence electrons. The van der Waals surface area contributed by atoms with Crippen molar-refractivity contribution in [2.75, 3.05) is 19.0 Å². The number of aromatic nitrogens is 2. The first-order valence-corrected chi connectivity index (χ1v) is 18.3. The van der Waals surface area contributed by atoms with Gasteiger partial charge in [0.05, 0.1) is 30.3 Å². The SMILES string of the molecule is COc1cc(OC2CCc3c(-c4cccc(NC(=O)c5nc6c(n5C)CCN(C(C)C)C6)c4C)cccc32)c(Cl)c(F)c1C(C)NOC(=O)C1CC1. The van der Waals surface area contributed by atoms with Crippen molar-refractivity contribution in [1.82, 2.24) is 19.9 Å². The molecule has 1 fully saturated rings. The van der Waals surface area contributed by atoms with E-state index in [0.29, 0.717) is 18.3 Å². The Morgan fingerprint density at radius 1 is 1.04 bits per heavy atom. The summed E-state index contributed by atoms with van der Waals surface area (Å²) in [6.45, 7) is 9.72. The van der Waals surface area contributed by atoms with Gasteiger partial charge < -0.3 is 24.2 Å². The molecule has 12 heteroatoms. The molecule has 10 nitrogen and oxygen atoms in total. The Morgan fingerprint density at radius 3 is 2.52 bits per heavy atom. The first-order chi connectivity index (χ1) is 25.0. The Balaban J connectivity index is 1.10. The molecule has 1 aromatic heterocycles. The largest absolute Gasteiger partial charge is 0.496 e. The maximum Gasteiger partial charge on any atom is 0.327 e. The molecule has 0 radical (unpaired) electrons. The number of carbonyl (C=O) groups is 2. The molecule has 2 aliphatic carbocycles. The molecule has 0 bridgehead atoms. The Morgan fingerprint density at radius 2 is 1.79 bits per heavy atom. The Kier molecular flexibility index (Phi) is 10.0. The number of carbonyl (C=O) groups excluding carboxylic acids is 2. The minimum absolute atomic E-state index is 0.103. The minimum Gasteiger partial charge on any atom is -0.496 e. The number of ether oxygens (including phenoxy) is 2. The van der Waals surface area contributed by atoms with Crippen molar-refractivity contribution in [1.29, 1.82) is 0 Å². The van der Waals surface area contributed by atoms with Gasteiger partial charge in [0.25, 0.3) is 5.91 Å². The quantitative estimate of drug-likeness (QED) is 0.151. The van der Waals surface area contributed by atoms with Gasteiger partial charge >= 0.3 is 5.97 Å². The predicted octanol–water partition coefficient (Wildman–Crippen LogP) is 7.80. The Bertz CT molecular complexity index is 2040. The first kappa shape index (κ1) is 35.9. The van der Waals surface area contributed by atoms with Crippen LogP contribution in [0, 0.1) is 18.7 Å². The number of imidazole rings is 1. The van der Waals surface area contributed by atoms with Crippen LogP contribution in [0.1, 0.15) is 96.4 Å². The van der Waals surface area contributed by atoms with Gasteiger partial charge in [0.1, 0.15) is 22.6 Å². The molecule has 2 atom stereocenters. The topological polar surface area (TPSA) is 107 Å². The number of hydrogen-bond donors (Lipinski definition) is 2. The fraction of sp³-hybridized carbons (Fsp3) is 0.425. The highest BCUT2D eigenvalue weighted by Gasteiger charge is 2.34. The van der Waals surface area contributed by atoms with Gasteiger partial charge in [-0.05, 0) is 87.3 Å². The standard InChI is InChI=1S/C40H45ClFN5O5/c1-21(2)47-18-17-31-30(20-47)43-38(46(31)5)39(48)44-29-12-8-9-25(22(29)3)26-10-7-11-28-27(26)15-16-32(28)51-34-19-33(50-6)35(37(42)36(34)41)23(4)45-52-40(49)24-13-14-24/h7-12,19,21,23-24,32,45H,13-18,20H2,1-6H3,(H,44,48). The van der Waals surface area contributed by atoms with E-state index in [2.05, 4.69) is 41.7 Å². The van der Waals surface area contributed by atoms with Crippen LogP contribution in [0.25, 0.3) is 11.1 Å². The summed E-state index contributed by atoms with van der Waals surface area (Å²) < 4.78 is 29.7. The molecule has 1 saturated carbocycles. The molecule has 2 N–H and O–H groups in total. The van der Waals surface area contributed by atoms with Crippen LogP contribution >= 0.6 is 11.6 Å². The lowest BCUT2D eigenvalue weighted by molar-refractivity contribution is -0.154. The van der Waals surface area contributed by atoms with Gasteiger partial charge in [-0.3, -0.25) is 14.5 Å². The smallest absolute Gasteiger partial charge is 0.327 e. The molecule has 0 saturated heterocycles. The second kappa shape index (κ2) is 14.5. The highest BCUT2D eigenvalue weighted by molar-refractivity contribution is 6.32. The molecule has 1 amide bonds. The van der Waals surface area contributed by atoms with Crippen LogP contribution in [0.5, 0.6) is 11.5 Å². The van der Waals surface area contributed by atoms with E-state index in [9.17, 15) is 9.59 Å². The fourth-order valence-corrected chi connectivity index (χ4v) is 7.64. The highest BCUT2D eigenvalue weighted by atomic mass is 35.5. The summed E-state index contributed by atoms with van der Waals surface area (Å²) in [4.78, 5) is 38.0. The average molecular weight is 730 g/mol. The third-order valence-corrected chi connectivity index (χ3v) is 11.0. The summed E-state index contributed by atoms with van der Waals surface area (Å²) in [5, 5.41) is 2.96. The number of nitrogens with zero attached hydrogens (tertiary/aromatic N) is 3. The molecule has 0 spiro atoms. The Labute approximate surface area is 308 Å². The molecular formula is C40H45ClFN5O5. The third kappa shape index (κ3) is 6.77. The summed E-state index contributed by atoms with van der Waals surface area (Å²) in [7, 11) is 3.36. The lowest BCUT2D eigenvalue weighted by Crippen LogP contribution is -2.36. The number of fused-ring (bicyclic) bond motifs is 2.